The lowest BCUT2D eigenvalue weighted by Crippen LogP contribution is -2.16. The normalized spacial score (nSPS) is 10.4. The molecule has 0 aliphatic rings. The summed E-state index contributed by atoms with van der Waals surface area (Å²) in [7, 11) is 0. The highest BCUT2D eigenvalue weighted by Crippen LogP contribution is 2.23. The van der Waals surface area contributed by atoms with E-state index in [2.05, 4.69) is 10.4 Å². The van der Waals surface area contributed by atoms with Crippen LogP contribution in [0.25, 0.3) is 0 Å². The van der Waals surface area contributed by atoms with E-state index in [1.165, 1.54) is 12.1 Å². The largest absolute Gasteiger partial charge is 0.320 e. The Labute approximate surface area is 121 Å². The van der Waals surface area contributed by atoms with Crippen molar-refractivity contribution in [1.82, 2.24) is 9.78 Å². The van der Waals surface area contributed by atoms with Crippen molar-refractivity contribution in [2.75, 3.05) is 5.32 Å². The molecule has 7 heteroatoms. The van der Waals surface area contributed by atoms with Gasteiger partial charge in [0.15, 0.2) is 0 Å². The van der Waals surface area contributed by atoms with Crippen LogP contribution in [0.5, 0.6) is 0 Å². The Balaban J connectivity index is 1.99. The molecule has 0 fully saturated rings. The van der Waals surface area contributed by atoms with E-state index in [1.54, 1.807) is 16.8 Å². The average Bonchev–Trinajstić information content (AvgIpc) is 2.75. The molecule has 0 spiro atoms. The molecule has 0 unspecified atom stereocenters. The number of para-hydroxylation sites is 2. The smallest absolute Gasteiger partial charge is 0.292 e. The van der Waals surface area contributed by atoms with E-state index >= 15 is 0 Å². The van der Waals surface area contributed by atoms with Crippen LogP contribution < -0.4 is 5.32 Å². The number of carbonyl (C=O) groups is 1. The third kappa shape index (κ3) is 3.65. The summed E-state index contributed by atoms with van der Waals surface area (Å²) in [4.78, 5) is 22.3. The summed E-state index contributed by atoms with van der Waals surface area (Å²) in [6.45, 7) is 4.24. The van der Waals surface area contributed by atoms with Gasteiger partial charge in [-0.15, -0.1) is 0 Å². The van der Waals surface area contributed by atoms with Crippen molar-refractivity contribution in [3.05, 3.63) is 51.8 Å². The van der Waals surface area contributed by atoms with E-state index in [0.717, 1.165) is 11.4 Å². The summed E-state index contributed by atoms with van der Waals surface area (Å²) in [5.74, 6) is -0.281. The fourth-order valence-corrected chi connectivity index (χ4v) is 2.06. The standard InChI is InChI=1S/C14H16N4O3/c1-10-9-11(2)17(16-10)8-7-14(19)15-12-5-3-4-6-13(12)18(20)21/h3-6,9H,7-8H2,1-2H3,(H,15,19). The lowest BCUT2D eigenvalue weighted by Gasteiger charge is -2.07. The third-order valence-corrected chi connectivity index (χ3v) is 3.03. The zero-order valence-electron chi connectivity index (χ0n) is 11.9. The summed E-state index contributed by atoms with van der Waals surface area (Å²) < 4.78 is 1.74. The van der Waals surface area contributed by atoms with Crippen LogP contribution in [0.1, 0.15) is 17.8 Å². The van der Waals surface area contributed by atoms with Crippen LogP contribution >= 0.6 is 0 Å². The molecule has 0 saturated heterocycles. The fourth-order valence-electron chi connectivity index (χ4n) is 2.06. The van der Waals surface area contributed by atoms with Crippen molar-refractivity contribution in [2.24, 2.45) is 0 Å². The summed E-state index contributed by atoms with van der Waals surface area (Å²) in [6, 6.07) is 8.00. The first-order chi connectivity index (χ1) is 9.97. The Hall–Kier alpha value is -2.70. The topological polar surface area (TPSA) is 90.1 Å². The number of amides is 1. The molecule has 2 rings (SSSR count). The molecular weight excluding hydrogens is 272 g/mol. The van der Waals surface area contributed by atoms with Gasteiger partial charge in [0.1, 0.15) is 5.69 Å². The Bertz CT molecular complexity index is 679. The van der Waals surface area contributed by atoms with E-state index in [4.69, 9.17) is 0 Å². The fraction of sp³-hybridized carbons (Fsp3) is 0.286. The van der Waals surface area contributed by atoms with Gasteiger partial charge in [-0.3, -0.25) is 19.6 Å². The molecule has 0 atom stereocenters. The maximum absolute atomic E-state index is 11.9. The lowest BCUT2D eigenvalue weighted by molar-refractivity contribution is -0.383. The van der Waals surface area contributed by atoms with Gasteiger partial charge >= 0.3 is 0 Å². The van der Waals surface area contributed by atoms with Crippen molar-refractivity contribution in [2.45, 2.75) is 26.8 Å². The number of nitro benzene ring substituents is 1. The van der Waals surface area contributed by atoms with Crippen LogP contribution in [-0.4, -0.2) is 20.6 Å². The Kier molecular flexibility index (Phi) is 4.32. The molecule has 0 radical (unpaired) electrons. The van der Waals surface area contributed by atoms with Crippen LogP contribution in [0.4, 0.5) is 11.4 Å². The number of nitro groups is 1. The second kappa shape index (κ2) is 6.17. The molecule has 2 aromatic rings. The molecule has 0 aliphatic carbocycles. The van der Waals surface area contributed by atoms with Gasteiger partial charge in [-0.2, -0.15) is 5.10 Å². The van der Waals surface area contributed by atoms with Gasteiger partial charge < -0.3 is 5.32 Å². The molecule has 0 bridgehead atoms. The molecule has 0 aliphatic heterocycles. The number of nitrogens with one attached hydrogen (secondary N) is 1. The number of carbonyl (C=O) groups excluding carboxylic acids is 1. The first kappa shape index (κ1) is 14.7. The second-order valence-corrected chi connectivity index (χ2v) is 4.72. The van der Waals surface area contributed by atoms with Crippen molar-refractivity contribution < 1.29 is 9.72 Å². The first-order valence-electron chi connectivity index (χ1n) is 6.51. The number of hydrogen-bond acceptors (Lipinski definition) is 4. The number of hydrogen-bond donors (Lipinski definition) is 1. The molecule has 21 heavy (non-hydrogen) atoms. The molecule has 110 valence electrons. The number of aromatic nitrogens is 2. The van der Waals surface area contributed by atoms with Gasteiger partial charge in [0.2, 0.25) is 5.91 Å². The van der Waals surface area contributed by atoms with Crippen LogP contribution in [0.3, 0.4) is 0 Å². The maximum atomic E-state index is 11.9. The highest BCUT2D eigenvalue weighted by atomic mass is 16.6. The highest BCUT2D eigenvalue weighted by molar-refractivity contribution is 5.92. The van der Waals surface area contributed by atoms with Crippen LogP contribution in [0.2, 0.25) is 0 Å². The van der Waals surface area contributed by atoms with Crippen LogP contribution in [-0.2, 0) is 11.3 Å². The van der Waals surface area contributed by atoms with Gasteiger partial charge in [0.25, 0.3) is 5.69 Å². The number of nitrogens with zero attached hydrogens (tertiary/aromatic N) is 3. The minimum absolute atomic E-state index is 0.114. The summed E-state index contributed by atoms with van der Waals surface area (Å²) in [5, 5.41) is 17.7. The molecule has 1 heterocycles. The van der Waals surface area contributed by atoms with E-state index in [9.17, 15) is 14.9 Å². The van der Waals surface area contributed by atoms with Crippen molar-refractivity contribution in [3.8, 4) is 0 Å². The Morgan fingerprint density at radius 3 is 2.71 bits per heavy atom. The molecular formula is C14H16N4O3. The Morgan fingerprint density at radius 2 is 2.10 bits per heavy atom. The summed E-state index contributed by atoms with van der Waals surface area (Å²) in [5.41, 5.74) is 1.97. The first-order valence-corrected chi connectivity index (χ1v) is 6.51. The predicted molar refractivity (Wildman–Crippen MR) is 78.0 cm³/mol. The maximum Gasteiger partial charge on any atom is 0.292 e. The van der Waals surface area contributed by atoms with Gasteiger partial charge in [0.05, 0.1) is 10.6 Å². The van der Waals surface area contributed by atoms with E-state index in [1.807, 2.05) is 19.9 Å². The van der Waals surface area contributed by atoms with E-state index in [0.29, 0.717) is 6.54 Å². The number of anilines is 1. The van der Waals surface area contributed by atoms with Crippen molar-refractivity contribution >= 4 is 17.3 Å². The quantitative estimate of drug-likeness (QED) is 0.675. The third-order valence-electron chi connectivity index (χ3n) is 3.03. The molecule has 1 aromatic heterocycles. The Morgan fingerprint density at radius 1 is 1.38 bits per heavy atom. The highest BCUT2D eigenvalue weighted by Gasteiger charge is 2.14. The predicted octanol–water partition coefficient (Wildman–Crippen LogP) is 2.44. The monoisotopic (exact) mass is 288 g/mol. The SMILES string of the molecule is Cc1cc(C)n(CCC(=O)Nc2ccccc2[N+](=O)[O-])n1. The average molecular weight is 288 g/mol. The molecule has 1 aromatic carbocycles. The number of benzene rings is 1. The van der Waals surface area contributed by atoms with Crippen molar-refractivity contribution in [3.63, 3.8) is 0 Å². The van der Waals surface area contributed by atoms with Crippen LogP contribution in [0.15, 0.2) is 30.3 Å². The molecule has 1 N–H and O–H groups in total. The summed E-state index contributed by atoms with van der Waals surface area (Å²) in [6.07, 6.45) is 0.202. The number of aryl methyl sites for hydroxylation is 3. The van der Waals surface area contributed by atoms with Gasteiger partial charge in [-0.1, -0.05) is 12.1 Å². The van der Waals surface area contributed by atoms with Crippen LogP contribution in [0, 0.1) is 24.0 Å². The van der Waals surface area contributed by atoms with E-state index in [-0.39, 0.29) is 23.7 Å². The van der Waals surface area contributed by atoms with Gasteiger partial charge in [-0.05, 0) is 26.0 Å². The van der Waals surface area contributed by atoms with Gasteiger partial charge in [0, 0.05) is 24.7 Å². The van der Waals surface area contributed by atoms with Crippen molar-refractivity contribution in [1.29, 1.82) is 0 Å². The minimum atomic E-state index is -0.517. The molecule has 1 amide bonds. The molecule has 0 saturated carbocycles. The van der Waals surface area contributed by atoms with E-state index < -0.39 is 4.92 Å². The zero-order chi connectivity index (χ0) is 15.4. The minimum Gasteiger partial charge on any atom is -0.320 e. The molecule has 7 nitrogen and oxygen atoms in total. The number of rotatable bonds is 5. The summed E-state index contributed by atoms with van der Waals surface area (Å²) >= 11 is 0. The zero-order valence-corrected chi connectivity index (χ0v) is 11.9. The lowest BCUT2D eigenvalue weighted by atomic mass is 10.2. The second-order valence-electron chi connectivity index (χ2n) is 4.72. The van der Waals surface area contributed by atoms with Gasteiger partial charge in [-0.25, -0.2) is 0 Å².